The van der Waals surface area contributed by atoms with Gasteiger partial charge in [-0.25, -0.2) is 0 Å². The van der Waals surface area contributed by atoms with Crippen LogP contribution in [-0.4, -0.2) is 31.1 Å². The van der Waals surface area contributed by atoms with E-state index in [2.05, 4.69) is 28.4 Å². The molecule has 0 spiro atoms. The van der Waals surface area contributed by atoms with Gasteiger partial charge in [-0.2, -0.15) is 0 Å². The number of halogens is 2. The summed E-state index contributed by atoms with van der Waals surface area (Å²) in [5.41, 5.74) is 2.34. The van der Waals surface area contributed by atoms with Gasteiger partial charge in [-0.3, -0.25) is 4.90 Å². The van der Waals surface area contributed by atoms with Crippen molar-refractivity contribution in [3.05, 3.63) is 69.7 Å². The molecule has 1 atom stereocenters. The van der Waals surface area contributed by atoms with Crippen LogP contribution in [0.15, 0.2) is 48.5 Å². The average molecular weight is 335 g/mol. The number of hydrogen-bond acceptors (Lipinski definition) is 2. The molecule has 1 unspecified atom stereocenters. The molecule has 116 valence electrons. The third-order valence-electron chi connectivity index (χ3n) is 4.10. The van der Waals surface area contributed by atoms with Crippen molar-refractivity contribution in [2.24, 2.45) is 0 Å². The lowest BCUT2D eigenvalue weighted by molar-refractivity contribution is 0.241. The van der Waals surface area contributed by atoms with E-state index in [9.17, 15) is 0 Å². The fraction of sp³-hybridized carbons (Fsp3) is 0.333. The molecule has 0 saturated carbocycles. The second-order valence-corrected chi connectivity index (χ2v) is 6.46. The summed E-state index contributed by atoms with van der Waals surface area (Å²) in [6.07, 6.45) is 1.14. The maximum atomic E-state index is 6.49. The summed E-state index contributed by atoms with van der Waals surface area (Å²) in [6, 6.07) is 16.4. The molecule has 2 nitrogen and oxygen atoms in total. The van der Waals surface area contributed by atoms with E-state index in [0.717, 1.165) is 48.2 Å². The summed E-state index contributed by atoms with van der Waals surface area (Å²) in [5.74, 6) is 0. The first-order chi connectivity index (χ1) is 10.8. The number of nitrogens with one attached hydrogen (secondary N) is 1. The highest BCUT2D eigenvalue weighted by Gasteiger charge is 2.25. The Morgan fingerprint density at radius 2 is 1.82 bits per heavy atom. The molecule has 1 heterocycles. The van der Waals surface area contributed by atoms with E-state index in [1.165, 1.54) is 5.56 Å². The van der Waals surface area contributed by atoms with E-state index in [1.54, 1.807) is 0 Å². The highest BCUT2D eigenvalue weighted by Crippen LogP contribution is 2.34. The van der Waals surface area contributed by atoms with Crippen molar-refractivity contribution in [1.29, 1.82) is 0 Å². The number of rotatable bonds is 3. The minimum atomic E-state index is 0.146. The molecule has 22 heavy (non-hydrogen) atoms. The highest BCUT2D eigenvalue weighted by atomic mass is 35.5. The van der Waals surface area contributed by atoms with Crippen LogP contribution in [0, 0.1) is 0 Å². The van der Waals surface area contributed by atoms with Crippen molar-refractivity contribution in [2.45, 2.75) is 12.5 Å². The molecule has 3 rings (SSSR count). The van der Waals surface area contributed by atoms with Crippen LogP contribution >= 0.6 is 23.2 Å². The molecule has 1 aliphatic rings. The zero-order valence-electron chi connectivity index (χ0n) is 12.4. The molecule has 1 aliphatic heterocycles. The van der Waals surface area contributed by atoms with E-state index in [-0.39, 0.29) is 6.04 Å². The maximum absolute atomic E-state index is 6.49. The topological polar surface area (TPSA) is 15.3 Å². The van der Waals surface area contributed by atoms with Crippen molar-refractivity contribution in [1.82, 2.24) is 10.2 Å². The van der Waals surface area contributed by atoms with Gasteiger partial charge in [0.05, 0.1) is 6.04 Å². The van der Waals surface area contributed by atoms with Gasteiger partial charge in [0, 0.05) is 29.7 Å². The zero-order valence-corrected chi connectivity index (χ0v) is 13.9. The van der Waals surface area contributed by atoms with Crippen LogP contribution in [0.5, 0.6) is 0 Å². The molecule has 1 saturated heterocycles. The van der Waals surface area contributed by atoms with Gasteiger partial charge in [0.25, 0.3) is 0 Å². The predicted molar refractivity (Wildman–Crippen MR) is 93.8 cm³/mol. The quantitative estimate of drug-likeness (QED) is 0.896. The van der Waals surface area contributed by atoms with E-state index in [0.29, 0.717) is 0 Å². The Bertz CT molecular complexity index is 622. The van der Waals surface area contributed by atoms with E-state index < -0.39 is 0 Å². The summed E-state index contributed by atoms with van der Waals surface area (Å²) in [4.78, 5) is 2.49. The van der Waals surface area contributed by atoms with Crippen LogP contribution in [0.25, 0.3) is 0 Å². The van der Waals surface area contributed by atoms with Crippen molar-refractivity contribution in [3.63, 3.8) is 0 Å². The molecule has 0 radical (unpaired) electrons. The Morgan fingerprint density at radius 1 is 0.955 bits per heavy atom. The molecule has 4 heteroatoms. The van der Waals surface area contributed by atoms with Crippen molar-refractivity contribution >= 4 is 23.2 Å². The lowest BCUT2D eigenvalue weighted by Gasteiger charge is -2.32. The van der Waals surface area contributed by atoms with Gasteiger partial charge in [0.15, 0.2) is 0 Å². The Morgan fingerprint density at radius 3 is 2.64 bits per heavy atom. The molecule has 1 fully saturated rings. The van der Waals surface area contributed by atoms with Crippen LogP contribution < -0.4 is 5.32 Å². The first-order valence-corrected chi connectivity index (χ1v) is 8.46. The largest absolute Gasteiger partial charge is 0.315 e. The van der Waals surface area contributed by atoms with Gasteiger partial charge >= 0.3 is 0 Å². The van der Waals surface area contributed by atoms with Gasteiger partial charge in [-0.05, 0) is 42.3 Å². The fourth-order valence-electron chi connectivity index (χ4n) is 3.09. The summed E-state index contributed by atoms with van der Waals surface area (Å²) in [7, 11) is 0. The second-order valence-electron chi connectivity index (χ2n) is 5.62. The second kappa shape index (κ2) is 7.47. The highest BCUT2D eigenvalue weighted by molar-refractivity contribution is 6.31. The third-order valence-corrected chi connectivity index (χ3v) is 4.68. The maximum Gasteiger partial charge on any atom is 0.0617 e. The SMILES string of the molecule is Clc1cccc(C(c2ccccc2Cl)N2CCCNCC2)c1. The summed E-state index contributed by atoms with van der Waals surface area (Å²) < 4.78 is 0. The smallest absolute Gasteiger partial charge is 0.0617 e. The third kappa shape index (κ3) is 3.64. The average Bonchev–Trinajstić information content (AvgIpc) is 2.79. The van der Waals surface area contributed by atoms with Crippen molar-refractivity contribution in [2.75, 3.05) is 26.2 Å². The number of nitrogens with zero attached hydrogens (tertiary/aromatic N) is 1. The Balaban J connectivity index is 2.03. The predicted octanol–water partition coefficient (Wildman–Crippen LogP) is 4.38. The molecule has 0 amide bonds. The van der Waals surface area contributed by atoms with Crippen LogP contribution in [0.3, 0.4) is 0 Å². The minimum Gasteiger partial charge on any atom is -0.315 e. The Kier molecular flexibility index (Phi) is 5.37. The van der Waals surface area contributed by atoms with Gasteiger partial charge in [-0.1, -0.05) is 53.5 Å². The van der Waals surface area contributed by atoms with Crippen LogP contribution in [0.1, 0.15) is 23.6 Å². The van der Waals surface area contributed by atoms with Gasteiger partial charge < -0.3 is 5.32 Å². The van der Waals surface area contributed by atoms with Crippen molar-refractivity contribution < 1.29 is 0 Å². The molecule has 0 aliphatic carbocycles. The van der Waals surface area contributed by atoms with Gasteiger partial charge in [-0.15, -0.1) is 0 Å². The first-order valence-electron chi connectivity index (χ1n) is 7.70. The van der Waals surface area contributed by atoms with Crippen molar-refractivity contribution in [3.8, 4) is 0 Å². The van der Waals surface area contributed by atoms with Crippen LogP contribution in [0.2, 0.25) is 10.0 Å². The summed E-state index contributed by atoms with van der Waals surface area (Å²) in [6.45, 7) is 4.13. The molecular weight excluding hydrogens is 315 g/mol. The number of hydrogen-bond donors (Lipinski definition) is 1. The summed E-state index contributed by atoms with van der Waals surface area (Å²) in [5, 5.41) is 5.04. The lowest BCUT2D eigenvalue weighted by atomic mass is 9.96. The monoisotopic (exact) mass is 334 g/mol. The Labute approximate surface area is 142 Å². The van der Waals surface area contributed by atoms with Crippen LogP contribution in [-0.2, 0) is 0 Å². The van der Waals surface area contributed by atoms with Gasteiger partial charge in [0.2, 0.25) is 0 Å². The molecule has 0 aromatic heterocycles. The van der Waals surface area contributed by atoms with E-state index in [4.69, 9.17) is 23.2 Å². The van der Waals surface area contributed by atoms with Crippen LogP contribution in [0.4, 0.5) is 0 Å². The fourth-order valence-corrected chi connectivity index (χ4v) is 3.52. The Hall–Kier alpha value is -1.06. The standard InChI is InChI=1S/C18H20Cl2N2/c19-15-6-3-5-14(13-15)18(16-7-1-2-8-17(16)20)22-11-4-9-21-10-12-22/h1-3,5-8,13,18,21H,4,9-12H2. The van der Waals surface area contributed by atoms with E-state index in [1.807, 2.05) is 30.3 Å². The molecule has 1 N–H and O–H groups in total. The molecule has 2 aromatic rings. The molecular formula is C18H20Cl2N2. The zero-order chi connectivity index (χ0) is 15.4. The minimum absolute atomic E-state index is 0.146. The first kappa shape index (κ1) is 15.8. The lowest BCUT2D eigenvalue weighted by Crippen LogP contribution is -2.33. The molecule has 2 aromatic carbocycles. The van der Waals surface area contributed by atoms with Gasteiger partial charge in [0.1, 0.15) is 0 Å². The number of benzene rings is 2. The summed E-state index contributed by atoms with van der Waals surface area (Å²) >= 11 is 12.7. The molecule has 0 bridgehead atoms. The van der Waals surface area contributed by atoms with E-state index >= 15 is 0 Å². The normalized spacial score (nSPS) is 17.9.